The fourth-order valence-electron chi connectivity index (χ4n) is 3.99. The van der Waals surface area contributed by atoms with Crippen LogP contribution in [0.25, 0.3) is 27.9 Å². The first-order valence-electron chi connectivity index (χ1n) is 11.2. The van der Waals surface area contributed by atoms with E-state index in [9.17, 15) is 27.9 Å². The molecule has 0 aliphatic heterocycles. The van der Waals surface area contributed by atoms with Crippen LogP contribution in [0, 0.1) is 0 Å². The maximum Gasteiger partial charge on any atom is 0.416 e. The Bertz CT molecular complexity index is 1760. The molecule has 2 aromatic heterocycles. The van der Waals surface area contributed by atoms with Gasteiger partial charge in [0.15, 0.2) is 5.75 Å². The lowest BCUT2D eigenvalue weighted by molar-refractivity contribution is -0.137. The zero-order valence-electron chi connectivity index (χ0n) is 19.7. The van der Waals surface area contributed by atoms with Crippen molar-refractivity contribution < 1.29 is 27.4 Å². The average Bonchev–Trinajstić information content (AvgIpc) is 2.91. The lowest BCUT2D eigenvalue weighted by Crippen LogP contribution is -2.21. The molecule has 0 unspecified atom stereocenters. The number of hydrogen-bond acceptors (Lipinski definition) is 6. The first-order chi connectivity index (χ1) is 18.2. The van der Waals surface area contributed by atoms with Crippen molar-refractivity contribution in [2.75, 3.05) is 7.11 Å². The van der Waals surface area contributed by atoms with Crippen molar-refractivity contribution >= 4 is 22.7 Å². The first-order valence-corrected chi connectivity index (χ1v) is 12.0. The van der Waals surface area contributed by atoms with E-state index < -0.39 is 28.7 Å². The van der Waals surface area contributed by atoms with Crippen LogP contribution in [0.5, 0.6) is 11.5 Å². The summed E-state index contributed by atoms with van der Waals surface area (Å²) >= 11 is 0.700. The molecule has 1 N–H and O–H groups in total. The highest BCUT2D eigenvalue weighted by molar-refractivity contribution is 7.99. The fourth-order valence-corrected chi connectivity index (χ4v) is 4.82. The molecule has 0 amide bonds. The average molecular weight is 538 g/mol. The van der Waals surface area contributed by atoms with Crippen LogP contribution in [-0.2, 0) is 6.18 Å². The van der Waals surface area contributed by atoms with Gasteiger partial charge in [0.25, 0.3) is 5.56 Å². The molecule has 0 bridgehead atoms. The number of aromatic nitrogens is 1. The minimum Gasteiger partial charge on any atom is -0.505 e. The predicted molar refractivity (Wildman–Crippen MR) is 137 cm³/mol. The zero-order chi connectivity index (χ0) is 27.0. The van der Waals surface area contributed by atoms with Crippen molar-refractivity contribution in [1.82, 2.24) is 4.57 Å². The van der Waals surface area contributed by atoms with Crippen molar-refractivity contribution in [1.29, 1.82) is 0 Å². The normalized spacial score (nSPS) is 11.6. The van der Waals surface area contributed by atoms with Crippen LogP contribution in [-0.4, -0.2) is 16.8 Å². The second-order valence-corrected chi connectivity index (χ2v) is 9.25. The number of pyridine rings is 1. The van der Waals surface area contributed by atoms with Crippen LogP contribution in [0.3, 0.4) is 0 Å². The van der Waals surface area contributed by atoms with E-state index in [2.05, 4.69) is 0 Å². The Morgan fingerprint density at radius 3 is 2.29 bits per heavy atom. The first kappa shape index (κ1) is 25.2. The highest BCUT2D eigenvalue weighted by Gasteiger charge is 2.30. The zero-order valence-corrected chi connectivity index (χ0v) is 20.5. The summed E-state index contributed by atoms with van der Waals surface area (Å²) in [5, 5.41) is 10.8. The monoisotopic (exact) mass is 537 g/mol. The Hall–Kier alpha value is -4.44. The van der Waals surface area contributed by atoms with Crippen LogP contribution in [0.1, 0.15) is 5.56 Å². The van der Waals surface area contributed by atoms with Crippen LogP contribution in [0.4, 0.5) is 13.2 Å². The molecule has 192 valence electrons. The van der Waals surface area contributed by atoms with Crippen LogP contribution >= 0.6 is 11.8 Å². The number of benzene rings is 3. The molecule has 0 saturated heterocycles. The summed E-state index contributed by atoms with van der Waals surface area (Å²) in [4.78, 5) is 26.6. The molecule has 3 aromatic carbocycles. The molecule has 0 fully saturated rings. The van der Waals surface area contributed by atoms with Gasteiger partial charge in [-0.2, -0.15) is 13.2 Å². The molecule has 0 saturated carbocycles. The van der Waals surface area contributed by atoms with Crippen molar-refractivity contribution in [3.05, 3.63) is 111 Å². The highest BCUT2D eigenvalue weighted by Crippen LogP contribution is 2.38. The minimum absolute atomic E-state index is 0.132. The molecule has 0 atom stereocenters. The van der Waals surface area contributed by atoms with Gasteiger partial charge in [0.2, 0.25) is 0 Å². The van der Waals surface area contributed by atoms with E-state index in [1.54, 1.807) is 48.5 Å². The number of hydrogen-bond donors (Lipinski definition) is 1. The number of halogens is 3. The maximum absolute atomic E-state index is 13.9. The second-order valence-electron chi connectivity index (χ2n) is 8.17. The summed E-state index contributed by atoms with van der Waals surface area (Å²) in [6.45, 7) is 0. The Morgan fingerprint density at radius 2 is 1.63 bits per heavy atom. The van der Waals surface area contributed by atoms with E-state index in [0.29, 0.717) is 34.5 Å². The van der Waals surface area contributed by atoms with E-state index in [4.69, 9.17) is 9.15 Å². The Morgan fingerprint density at radius 1 is 0.921 bits per heavy atom. The van der Waals surface area contributed by atoms with Crippen molar-refractivity contribution in [3.8, 4) is 28.4 Å². The molecule has 0 radical (unpaired) electrons. The van der Waals surface area contributed by atoms with E-state index in [-0.39, 0.29) is 20.8 Å². The minimum atomic E-state index is -4.52. The van der Waals surface area contributed by atoms with Gasteiger partial charge in [-0.1, -0.05) is 48.2 Å². The van der Waals surface area contributed by atoms with Gasteiger partial charge in [-0.3, -0.25) is 9.36 Å². The number of nitrogens with zero attached hydrogens (tertiary/aromatic N) is 1. The molecule has 6 nitrogen and oxygen atoms in total. The Balaban J connectivity index is 1.73. The van der Waals surface area contributed by atoms with Gasteiger partial charge in [0, 0.05) is 17.0 Å². The van der Waals surface area contributed by atoms with Gasteiger partial charge in [-0.05, 0) is 42.0 Å². The summed E-state index contributed by atoms with van der Waals surface area (Å²) in [5.41, 5.74) is -1.08. The van der Waals surface area contributed by atoms with E-state index in [1.165, 1.54) is 29.9 Å². The molecular formula is C28H18F3NO5S. The SMILES string of the molecule is COc1cccc(-n2c(-c3ccccc3)cc3oc(=O)c(Sc4ccc(C(F)(F)F)cc4)c(O)c3c2=O)c1. The number of methoxy groups -OCH3 is 1. The van der Waals surface area contributed by atoms with Gasteiger partial charge < -0.3 is 14.3 Å². The number of alkyl halides is 3. The molecule has 10 heteroatoms. The van der Waals surface area contributed by atoms with Gasteiger partial charge in [-0.15, -0.1) is 0 Å². The van der Waals surface area contributed by atoms with Gasteiger partial charge in [-0.25, -0.2) is 4.79 Å². The lowest BCUT2D eigenvalue weighted by Gasteiger charge is -2.16. The number of rotatable bonds is 5. The van der Waals surface area contributed by atoms with Crippen LogP contribution < -0.4 is 15.9 Å². The Labute approximate surface area is 217 Å². The molecule has 0 aliphatic rings. The molecule has 38 heavy (non-hydrogen) atoms. The molecule has 0 spiro atoms. The van der Waals surface area contributed by atoms with Gasteiger partial charge >= 0.3 is 11.8 Å². The Kier molecular flexibility index (Phi) is 6.50. The third kappa shape index (κ3) is 4.66. The number of ether oxygens (including phenoxy) is 1. The number of aromatic hydroxyl groups is 1. The summed E-state index contributed by atoms with van der Waals surface area (Å²) in [6.07, 6.45) is -4.52. The predicted octanol–water partition coefficient (Wildman–Crippen LogP) is 6.50. The van der Waals surface area contributed by atoms with Gasteiger partial charge in [0.05, 0.1) is 24.1 Å². The fraction of sp³-hybridized carbons (Fsp3) is 0.0714. The van der Waals surface area contributed by atoms with Crippen LogP contribution in [0.2, 0.25) is 0 Å². The van der Waals surface area contributed by atoms with Crippen molar-refractivity contribution in [2.24, 2.45) is 0 Å². The standard InChI is InChI=1S/C28H18F3NO5S/c1-36-19-9-5-8-18(14-19)32-21(16-6-3-2-4-7-16)15-22-23(26(32)34)24(33)25(27(35)37-22)38-20-12-10-17(11-13-20)28(29,30)31/h2-15,33H,1H3. The van der Waals surface area contributed by atoms with Crippen molar-refractivity contribution in [3.63, 3.8) is 0 Å². The highest BCUT2D eigenvalue weighted by atomic mass is 32.2. The largest absolute Gasteiger partial charge is 0.505 e. The third-order valence-corrected chi connectivity index (χ3v) is 6.87. The molecule has 0 aliphatic carbocycles. The van der Waals surface area contributed by atoms with Crippen LogP contribution in [0.15, 0.2) is 109 Å². The number of fused-ring (bicyclic) bond motifs is 1. The third-order valence-electron chi connectivity index (χ3n) is 5.79. The molecule has 5 rings (SSSR count). The quantitative estimate of drug-likeness (QED) is 0.276. The summed E-state index contributed by atoms with van der Waals surface area (Å²) in [6, 6.07) is 21.3. The molecule has 5 aromatic rings. The van der Waals surface area contributed by atoms with E-state index >= 15 is 0 Å². The topological polar surface area (TPSA) is 81.7 Å². The summed E-state index contributed by atoms with van der Waals surface area (Å²) in [5.74, 6) is -0.127. The lowest BCUT2D eigenvalue weighted by atomic mass is 10.1. The smallest absolute Gasteiger partial charge is 0.416 e. The molecule has 2 heterocycles. The van der Waals surface area contributed by atoms with Crippen molar-refractivity contribution in [2.45, 2.75) is 16.0 Å². The maximum atomic E-state index is 13.9. The summed E-state index contributed by atoms with van der Waals surface area (Å²) in [7, 11) is 1.49. The van der Waals surface area contributed by atoms with E-state index in [0.717, 1.165) is 12.1 Å². The molecular weight excluding hydrogens is 519 g/mol. The van der Waals surface area contributed by atoms with Gasteiger partial charge in [0.1, 0.15) is 21.6 Å². The second kappa shape index (κ2) is 9.79. The summed E-state index contributed by atoms with van der Waals surface area (Å²) < 4.78 is 50.9. The van der Waals surface area contributed by atoms with E-state index in [1.807, 2.05) is 6.07 Å².